The molecule has 0 amide bonds. The van der Waals surface area contributed by atoms with Gasteiger partial charge in [-0.3, -0.25) is 4.79 Å². The molecule has 1 aliphatic rings. The maximum Gasteiger partial charge on any atom is 0.315 e. The summed E-state index contributed by atoms with van der Waals surface area (Å²) in [6.07, 6.45) is 1.49. The topological polar surface area (TPSA) is 63.3 Å². The second-order valence-corrected chi connectivity index (χ2v) is 4.79. The van der Waals surface area contributed by atoms with Gasteiger partial charge >= 0.3 is 5.97 Å². The molecule has 0 spiro atoms. The Labute approximate surface area is 95.7 Å². The van der Waals surface area contributed by atoms with Crippen molar-refractivity contribution in [2.45, 2.75) is 13.8 Å². The first-order valence-corrected chi connectivity index (χ1v) is 5.25. The monoisotopic (exact) mass is 279 g/mol. The van der Waals surface area contributed by atoms with Gasteiger partial charge in [0.2, 0.25) is 0 Å². The third kappa shape index (κ3) is 1.46. The highest BCUT2D eigenvalue weighted by molar-refractivity contribution is 9.11. The van der Waals surface area contributed by atoms with E-state index in [9.17, 15) is 4.79 Å². The van der Waals surface area contributed by atoms with E-state index in [1.165, 1.54) is 6.08 Å². The fraction of sp³-hybridized carbons (Fsp3) is 0.444. The molecule has 3 N–H and O–H groups in total. The van der Waals surface area contributed by atoms with Crippen LogP contribution in [0, 0.1) is 11.3 Å². The van der Waals surface area contributed by atoms with E-state index in [-0.39, 0.29) is 11.6 Å². The van der Waals surface area contributed by atoms with Crippen molar-refractivity contribution in [1.29, 1.82) is 0 Å². The molecule has 78 valence electrons. The van der Waals surface area contributed by atoms with Crippen LogP contribution in [0.5, 0.6) is 0 Å². The number of carboxylic acids is 1. The molecule has 0 saturated carbocycles. The smallest absolute Gasteiger partial charge is 0.315 e. The van der Waals surface area contributed by atoms with Crippen LogP contribution in [0.3, 0.4) is 0 Å². The predicted octanol–water partition coefficient (Wildman–Crippen LogP) is 2.41. The molecule has 0 aliphatic heterocycles. The highest BCUT2D eigenvalue weighted by Gasteiger charge is 2.45. The molecule has 0 aromatic carbocycles. The molecule has 0 heterocycles. The zero-order valence-corrected chi connectivity index (χ0v) is 10.2. The average Bonchev–Trinajstić information content (AvgIpc) is 2.11. The lowest BCUT2D eigenvalue weighted by atomic mass is 9.73. The van der Waals surface area contributed by atoms with Crippen LogP contribution in [-0.2, 0) is 4.79 Å². The molecule has 2 atom stereocenters. The molecule has 14 heavy (non-hydrogen) atoms. The number of carbonyl (C=O) groups is 1. The summed E-state index contributed by atoms with van der Waals surface area (Å²) in [5.41, 5.74) is 4.90. The summed E-state index contributed by atoms with van der Waals surface area (Å²) in [5, 5.41) is 9.60. The van der Waals surface area contributed by atoms with Crippen molar-refractivity contribution < 1.29 is 9.90 Å². The maximum atomic E-state index is 11.1. The first-order valence-electron chi connectivity index (χ1n) is 4.08. The molecule has 0 radical (unpaired) electrons. The summed E-state index contributed by atoms with van der Waals surface area (Å²) in [6.45, 7) is 3.37. The van der Waals surface area contributed by atoms with Gasteiger partial charge in [-0.15, -0.1) is 0 Å². The highest BCUT2D eigenvalue weighted by atomic mass is 79.9. The van der Waals surface area contributed by atoms with Gasteiger partial charge in [-0.25, -0.2) is 0 Å². The molecular weight excluding hydrogens is 269 g/mol. The molecule has 0 saturated heterocycles. The summed E-state index contributed by atoms with van der Waals surface area (Å²) in [4.78, 5) is 11.1. The second-order valence-electron chi connectivity index (χ2n) is 3.52. The number of aliphatic carboxylic acids is 1. The van der Waals surface area contributed by atoms with Crippen molar-refractivity contribution in [2.24, 2.45) is 17.1 Å². The first-order chi connectivity index (χ1) is 6.31. The van der Waals surface area contributed by atoms with Crippen molar-refractivity contribution in [3.05, 3.63) is 21.3 Å². The summed E-state index contributed by atoms with van der Waals surface area (Å²) in [5.74, 6) is -1.21. The van der Waals surface area contributed by atoms with E-state index in [1.807, 2.05) is 0 Å². The Balaban J connectivity index is 3.29. The highest BCUT2D eigenvalue weighted by Crippen LogP contribution is 2.45. The maximum absolute atomic E-state index is 11.1. The lowest BCUT2D eigenvalue weighted by molar-refractivity contribution is -0.147. The Morgan fingerprint density at radius 2 is 2.29 bits per heavy atom. The average molecular weight is 281 g/mol. The van der Waals surface area contributed by atoms with Gasteiger partial charge in [-0.1, -0.05) is 34.5 Å². The zero-order valence-electron chi connectivity index (χ0n) is 7.84. The lowest BCUT2D eigenvalue weighted by Crippen LogP contribution is -2.41. The van der Waals surface area contributed by atoms with Crippen LogP contribution < -0.4 is 5.73 Å². The Hall–Kier alpha value is -0.480. The number of halogens is 2. The molecule has 3 nitrogen and oxygen atoms in total. The number of hydrogen-bond donors (Lipinski definition) is 2. The Morgan fingerprint density at radius 1 is 1.79 bits per heavy atom. The number of rotatable bonds is 1. The largest absolute Gasteiger partial charge is 0.481 e. The Bertz CT molecular complexity index is 351. The number of hydrogen-bond acceptors (Lipinski definition) is 2. The van der Waals surface area contributed by atoms with Gasteiger partial charge in [0.05, 0.1) is 5.03 Å². The van der Waals surface area contributed by atoms with E-state index in [4.69, 9.17) is 22.4 Å². The fourth-order valence-electron chi connectivity index (χ4n) is 1.37. The third-order valence-electron chi connectivity index (χ3n) is 2.80. The van der Waals surface area contributed by atoms with Crippen LogP contribution >= 0.6 is 27.5 Å². The normalized spacial score (nSPS) is 32.9. The standard InChI is InChI=1S/C9H11BrClNO2/c1-4-7(10)5(11)3-6(12)9(4,2)8(13)14/h3-4H,12H2,1-2H3,(H,13,14). The minimum Gasteiger partial charge on any atom is -0.481 e. The number of allylic oxidation sites excluding steroid dienone is 3. The minimum absolute atomic E-state index is 0.266. The van der Waals surface area contributed by atoms with E-state index in [0.29, 0.717) is 9.51 Å². The van der Waals surface area contributed by atoms with Crippen LogP contribution in [0.2, 0.25) is 0 Å². The molecule has 0 fully saturated rings. The van der Waals surface area contributed by atoms with Crippen molar-refractivity contribution in [1.82, 2.24) is 0 Å². The molecule has 0 bridgehead atoms. The molecule has 1 rings (SSSR count). The summed E-state index contributed by atoms with van der Waals surface area (Å²) >= 11 is 9.15. The van der Waals surface area contributed by atoms with Crippen LogP contribution in [0.15, 0.2) is 21.3 Å². The van der Waals surface area contributed by atoms with Crippen LogP contribution in [0.25, 0.3) is 0 Å². The van der Waals surface area contributed by atoms with Crippen molar-refractivity contribution in [3.8, 4) is 0 Å². The van der Waals surface area contributed by atoms with Crippen LogP contribution in [0.1, 0.15) is 13.8 Å². The van der Waals surface area contributed by atoms with Crippen LogP contribution in [-0.4, -0.2) is 11.1 Å². The van der Waals surface area contributed by atoms with Crippen LogP contribution in [0.4, 0.5) is 0 Å². The zero-order chi connectivity index (χ0) is 11.1. The van der Waals surface area contributed by atoms with Crippen molar-refractivity contribution >= 4 is 33.5 Å². The van der Waals surface area contributed by atoms with Crippen molar-refractivity contribution in [3.63, 3.8) is 0 Å². The summed E-state index contributed by atoms with van der Waals surface area (Å²) in [6, 6.07) is 0. The van der Waals surface area contributed by atoms with E-state index < -0.39 is 11.4 Å². The number of carboxylic acid groups (broad SMARTS) is 1. The van der Waals surface area contributed by atoms with E-state index in [2.05, 4.69) is 15.9 Å². The van der Waals surface area contributed by atoms with Gasteiger partial charge < -0.3 is 10.8 Å². The van der Waals surface area contributed by atoms with Gasteiger partial charge in [0.15, 0.2) is 0 Å². The molecule has 5 heteroatoms. The fourth-order valence-corrected chi connectivity index (χ4v) is 2.23. The Morgan fingerprint density at radius 3 is 2.71 bits per heavy atom. The SMILES string of the molecule is CC1C(Br)=C(Cl)C=C(N)C1(C)C(=O)O. The van der Waals surface area contributed by atoms with E-state index in [1.54, 1.807) is 13.8 Å². The van der Waals surface area contributed by atoms with Gasteiger partial charge in [-0.05, 0) is 13.0 Å². The number of nitrogens with two attached hydrogens (primary N) is 1. The molecule has 0 aromatic heterocycles. The first kappa shape index (κ1) is 11.6. The van der Waals surface area contributed by atoms with Gasteiger partial charge in [0, 0.05) is 16.1 Å². The molecule has 2 unspecified atom stereocenters. The lowest BCUT2D eigenvalue weighted by Gasteiger charge is -2.35. The molecule has 0 aromatic rings. The summed E-state index contributed by atoms with van der Waals surface area (Å²) < 4.78 is 0.679. The van der Waals surface area contributed by atoms with Gasteiger partial charge in [0.1, 0.15) is 5.41 Å². The molecular formula is C9H11BrClNO2. The van der Waals surface area contributed by atoms with Gasteiger partial charge in [-0.2, -0.15) is 0 Å². The van der Waals surface area contributed by atoms with E-state index in [0.717, 1.165) is 0 Å². The van der Waals surface area contributed by atoms with E-state index >= 15 is 0 Å². The van der Waals surface area contributed by atoms with Crippen molar-refractivity contribution in [2.75, 3.05) is 0 Å². The quantitative estimate of drug-likeness (QED) is 0.775. The van der Waals surface area contributed by atoms with Gasteiger partial charge in [0.25, 0.3) is 0 Å². The Kier molecular flexibility index (Phi) is 2.97. The second kappa shape index (κ2) is 3.59. The molecule has 1 aliphatic carbocycles. The third-order valence-corrected chi connectivity index (χ3v) is 4.46. The summed E-state index contributed by atoms with van der Waals surface area (Å²) in [7, 11) is 0. The minimum atomic E-state index is -1.09. The predicted molar refractivity (Wildman–Crippen MR) is 59.0 cm³/mol.